The molecule has 2 heterocycles. The zero-order chi connectivity index (χ0) is 24.9. The van der Waals surface area contributed by atoms with Crippen molar-refractivity contribution in [3.8, 4) is 17.6 Å². The number of methoxy groups -OCH3 is 2. The molecule has 1 fully saturated rings. The number of carbonyl (C=O) groups excluding carboxylic acids is 2. The summed E-state index contributed by atoms with van der Waals surface area (Å²) in [7, 11) is 3.12. The molecule has 0 spiro atoms. The molecule has 10 heteroatoms. The second kappa shape index (κ2) is 10.5. The lowest BCUT2D eigenvalue weighted by Gasteiger charge is -2.26. The Morgan fingerprint density at radius 2 is 1.82 bits per heavy atom. The van der Waals surface area contributed by atoms with Gasteiger partial charge < -0.3 is 29.3 Å². The van der Waals surface area contributed by atoms with E-state index >= 15 is 0 Å². The summed E-state index contributed by atoms with van der Waals surface area (Å²) in [6, 6.07) is 5.85. The number of nitrogens with one attached hydrogen (secondary N) is 1. The number of hydrogen-bond donors (Lipinski definition) is 1. The van der Waals surface area contributed by atoms with E-state index in [0.29, 0.717) is 55.2 Å². The fourth-order valence-corrected chi connectivity index (χ4v) is 3.89. The van der Waals surface area contributed by atoms with Crippen LogP contribution < -0.4 is 19.7 Å². The Hall–Kier alpha value is -3.74. The van der Waals surface area contributed by atoms with E-state index in [0.717, 1.165) is 11.1 Å². The molecular weight excluding hydrogens is 438 g/mol. The smallest absolute Gasteiger partial charge is 0.408 e. The molecule has 0 radical (unpaired) electrons. The normalized spacial score (nSPS) is 14.2. The van der Waals surface area contributed by atoms with Crippen LogP contribution in [0.1, 0.15) is 32.8 Å². The van der Waals surface area contributed by atoms with Gasteiger partial charge in [-0.2, -0.15) is 5.26 Å². The predicted molar refractivity (Wildman–Crippen MR) is 127 cm³/mol. The third kappa shape index (κ3) is 5.78. The molecule has 2 amide bonds. The lowest BCUT2D eigenvalue weighted by Crippen LogP contribution is -2.43. The summed E-state index contributed by atoms with van der Waals surface area (Å²) >= 11 is 0. The second-order valence-electron chi connectivity index (χ2n) is 8.93. The number of carbonyl (C=O) groups is 2. The first-order chi connectivity index (χ1) is 16.2. The Balaban J connectivity index is 1.78. The van der Waals surface area contributed by atoms with E-state index in [1.54, 1.807) is 52.2 Å². The Morgan fingerprint density at radius 3 is 2.47 bits per heavy atom. The molecule has 0 atom stereocenters. The van der Waals surface area contributed by atoms with Gasteiger partial charge in [0.25, 0.3) is 0 Å². The van der Waals surface area contributed by atoms with Crippen LogP contribution in [0.3, 0.4) is 0 Å². The standard InChI is InChI=1S/C24H31N5O5/c1-24(2,3)34-23(31)27-15-21(30)28-7-6-8-29(10-9-28)22-16(13-25)14-26-18-12-20(33-5)19(32-4)11-17(18)22/h11-12,14H,6-10,15H2,1-5H3,(H,27,31). The molecule has 0 aliphatic carbocycles. The van der Waals surface area contributed by atoms with Crippen molar-refractivity contribution < 1.29 is 23.8 Å². The summed E-state index contributed by atoms with van der Waals surface area (Å²) in [5.74, 6) is 0.926. The van der Waals surface area contributed by atoms with Crippen LogP contribution in [-0.4, -0.2) is 74.4 Å². The highest BCUT2D eigenvalue weighted by Gasteiger charge is 2.24. The highest BCUT2D eigenvalue weighted by atomic mass is 16.6. The summed E-state index contributed by atoms with van der Waals surface area (Å²) in [5.41, 5.74) is 1.26. The third-order valence-electron chi connectivity index (χ3n) is 5.41. The number of nitriles is 1. The van der Waals surface area contributed by atoms with Crippen molar-refractivity contribution in [3.63, 3.8) is 0 Å². The molecule has 0 unspecified atom stereocenters. The molecule has 0 bridgehead atoms. The molecule has 2 aromatic rings. The van der Waals surface area contributed by atoms with E-state index in [1.165, 1.54) is 0 Å². The molecule has 182 valence electrons. The minimum Gasteiger partial charge on any atom is -0.493 e. The Morgan fingerprint density at radius 1 is 1.12 bits per heavy atom. The summed E-state index contributed by atoms with van der Waals surface area (Å²) in [4.78, 5) is 32.8. The van der Waals surface area contributed by atoms with Gasteiger partial charge >= 0.3 is 6.09 Å². The zero-order valence-corrected chi connectivity index (χ0v) is 20.3. The van der Waals surface area contributed by atoms with Gasteiger partial charge in [-0.15, -0.1) is 0 Å². The van der Waals surface area contributed by atoms with Crippen molar-refractivity contribution in [1.82, 2.24) is 15.2 Å². The zero-order valence-electron chi connectivity index (χ0n) is 20.3. The van der Waals surface area contributed by atoms with Gasteiger partial charge in [-0.25, -0.2) is 4.79 Å². The number of fused-ring (bicyclic) bond motifs is 1. The molecule has 0 saturated carbocycles. The average molecular weight is 470 g/mol. The minimum atomic E-state index is -0.630. The van der Waals surface area contributed by atoms with Crippen molar-refractivity contribution in [2.45, 2.75) is 32.8 Å². The van der Waals surface area contributed by atoms with Crippen LogP contribution in [0.25, 0.3) is 10.9 Å². The van der Waals surface area contributed by atoms with Crippen molar-refractivity contribution >= 4 is 28.6 Å². The first-order valence-electron chi connectivity index (χ1n) is 11.1. The highest BCUT2D eigenvalue weighted by Crippen LogP contribution is 2.37. The molecule has 3 rings (SSSR count). The van der Waals surface area contributed by atoms with Gasteiger partial charge in [-0.3, -0.25) is 9.78 Å². The van der Waals surface area contributed by atoms with Crippen LogP contribution in [-0.2, 0) is 9.53 Å². The van der Waals surface area contributed by atoms with Crippen LogP contribution in [0.15, 0.2) is 18.3 Å². The largest absolute Gasteiger partial charge is 0.493 e. The maximum absolute atomic E-state index is 12.7. The molecule has 34 heavy (non-hydrogen) atoms. The lowest BCUT2D eigenvalue weighted by atomic mass is 10.1. The number of hydrogen-bond acceptors (Lipinski definition) is 8. The number of aromatic nitrogens is 1. The van der Waals surface area contributed by atoms with Gasteiger partial charge in [-0.05, 0) is 33.3 Å². The Bertz CT molecular complexity index is 1110. The number of alkyl carbamates (subject to hydrolysis) is 1. The number of anilines is 1. The van der Waals surface area contributed by atoms with Crippen LogP contribution in [0.5, 0.6) is 11.5 Å². The van der Waals surface area contributed by atoms with E-state index in [9.17, 15) is 14.9 Å². The molecule has 1 aromatic heterocycles. The average Bonchev–Trinajstić information content (AvgIpc) is 3.05. The first kappa shape index (κ1) is 24.9. The van der Waals surface area contributed by atoms with Crippen molar-refractivity contribution in [2.24, 2.45) is 0 Å². The van der Waals surface area contributed by atoms with Gasteiger partial charge in [0.1, 0.15) is 18.2 Å². The van der Waals surface area contributed by atoms with E-state index in [-0.39, 0.29) is 12.5 Å². The van der Waals surface area contributed by atoms with Gasteiger partial charge in [0, 0.05) is 43.8 Å². The summed E-state index contributed by atoms with van der Waals surface area (Å²) in [6.45, 7) is 7.36. The van der Waals surface area contributed by atoms with Gasteiger partial charge in [0.05, 0.1) is 31.0 Å². The number of ether oxygens (including phenoxy) is 3. The van der Waals surface area contributed by atoms with E-state index in [4.69, 9.17) is 14.2 Å². The van der Waals surface area contributed by atoms with Crippen LogP contribution in [0, 0.1) is 11.3 Å². The molecule has 1 aliphatic heterocycles. The van der Waals surface area contributed by atoms with Gasteiger partial charge in [-0.1, -0.05) is 0 Å². The van der Waals surface area contributed by atoms with Gasteiger partial charge in [0.15, 0.2) is 11.5 Å². The molecular formula is C24H31N5O5. The first-order valence-corrected chi connectivity index (χ1v) is 11.1. The van der Waals surface area contributed by atoms with Crippen molar-refractivity contribution in [1.29, 1.82) is 5.26 Å². The summed E-state index contributed by atoms with van der Waals surface area (Å²) in [6.07, 6.45) is 1.64. The fourth-order valence-electron chi connectivity index (χ4n) is 3.89. The quantitative estimate of drug-likeness (QED) is 0.710. The van der Waals surface area contributed by atoms with Crippen LogP contribution >= 0.6 is 0 Å². The van der Waals surface area contributed by atoms with Crippen molar-refractivity contribution in [2.75, 3.05) is 51.8 Å². The number of amides is 2. The highest BCUT2D eigenvalue weighted by molar-refractivity contribution is 5.96. The van der Waals surface area contributed by atoms with Crippen LogP contribution in [0.4, 0.5) is 10.5 Å². The predicted octanol–water partition coefficient (Wildman–Crippen LogP) is 2.69. The molecule has 1 aromatic carbocycles. The summed E-state index contributed by atoms with van der Waals surface area (Å²) < 4.78 is 16.0. The topological polar surface area (TPSA) is 117 Å². The van der Waals surface area contributed by atoms with E-state index < -0.39 is 11.7 Å². The third-order valence-corrected chi connectivity index (χ3v) is 5.41. The van der Waals surface area contributed by atoms with Gasteiger partial charge in [0.2, 0.25) is 5.91 Å². The maximum atomic E-state index is 12.7. The van der Waals surface area contributed by atoms with Crippen LogP contribution in [0.2, 0.25) is 0 Å². The maximum Gasteiger partial charge on any atom is 0.408 e. The molecule has 10 nitrogen and oxygen atoms in total. The number of rotatable bonds is 5. The Kier molecular flexibility index (Phi) is 7.66. The molecule has 1 N–H and O–H groups in total. The fraction of sp³-hybridized carbons (Fsp3) is 0.500. The minimum absolute atomic E-state index is 0.131. The van der Waals surface area contributed by atoms with Crippen molar-refractivity contribution in [3.05, 3.63) is 23.9 Å². The molecule has 1 saturated heterocycles. The lowest BCUT2D eigenvalue weighted by molar-refractivity contribution is -0.130. The summed E-state index contributed by atoms with van der Waals surface area (Å²) in [5, 5.41) is 13.1. The van der Waals surface area contributed by atoms with E-state index in [2.05, 4.69) is 21.3 Å². The molecule has 1 aliphatic rings. The monoisotopic (exact) mass is 469 g/mol. The number of nitrogens with zero attached hydrogens (tertiary/aromatic N) is 4. The SMILES string of the molecule is COc1cc2ncc(C#N)c(N3CCCN(C(=O)CNC(=O)OC(C)(C)C)CC3)c2cc1OC. The number of benzene rings is 1. The Labute approximate surface area is 199 Å². The second-order valence-corrected chi connectivity index (χ2v) is 8.93. The van der Waals surface area contributed by atoms with E-state index in [1.807, 2.05) is 6.07 Å². The number of pyridine rings is 1.